The molecular weight excluding hydrogens is 491 g/mol. The molecule has 1 aliphatic rings. The second-order valence-electron chi connectivity index (χ2n) is 12.2. The minimum atomic E-state index is -1.80. The molecule has 0 radical (unpaired) electrons. The summed E-state index contributed by atoms with van der Waals surface area (Å²) in [5.74, 6) is -0.195. The van der Waals surface area contributed by atoms with Crippen molar-refractivity contribution in [3.05, 3.63) is 64.1 Å². The Bertz CT molecular complexity index is 1270. The van der Waals surface area contributed by atoms with E-state index >= 15 is 4.39 Å². The van der Waals surface area contributed by atoms with E-state index in [9.17, 15) is 4.79 Å². The van der Waals surface area contributed by atoms with Crippen LogP contribution in [0.5, 0.6) is 0 Å². The summed E-state index contributed by atoms with van der Waals surface area (Å²) in [6, 6.07) is 10.2. The minimum absolute atomic E-state index is 0.187. The molecule has 3 aromatic rings. The van der Waals surface area contributed by atoms with Crippen molar-refractivity contribution in [3.8, 4) is 0 Å². The lowest BCUT2D eigenvalue weighted by molar-refractivity contribution is 0.0948. The third-order valence-electron chi connectivity index (χ3n) is 8.55. The highest BCUT2D eigenvalue weighted by Crippen LogP contribution is 2.45. The Balaban J connectivity index is 1.63. The Labute approximate surface area is 220 Å². The Morgan fingerprint density at radius 2 is 1.83 bits per heavy atom. The maximum absolute atomic E-state index is 15.2. The quantitative estimate of drug-likeness (QED) is 0.313. The van der Waals surface area contributed by atoms with Gasteiger partial charge in [-0.25, -0.2) is 4.39 Å². The number of benzene rings is 2. The first-order valence-corrected chi connectivity index (χ1v) is 16.2. The van der Waals surface area contributed by atoms with Gasteiger partial charge in [-0.05, 0) is 80.4 Å². The van der Waals surface area contributed by atoms with Gasteiger partial charge < -0.3 is 4.43 Å². The number of carbonyl (C=O) groups is 1. The molecule has 0 N–H and O–H groups in total. The van der Waals surface area contributed by atoms with Gasteiger partial charge in [0.2, 0.25) is 0 Å². The molecule has 0 saturated heterocycles. The molecule has 0 unspecified atom stereocenters. The SMILES string of the molecule is Cc1cccc(Cl)c1C(=O)n1nc(C2(C)CCC(CO[Si](C)(C)C(C)(C)C)CC2)c2c(F)cccc21. The minimum Gasteiger partial charge on any atom is -0.417 e. The van der Waals surface area contributed by atoms with E-state index in [0.717, 1.165) is 37.9 Å². The first-order chi connectivity index (χ1) is 16.7. The zero-order chi connectivity index (χ0) is 26.5. The summed E-state index contributed by atoms with van der Waals surface area (Å²) in [6.45, 7) is 16.1. The van der Waals surface area contributed by atoms with Crippen molar-refractivity contribution >= 4 is 36.7 Å². The fraction of sp³-hybridized carbons (Fsp3) is 0.517. The molecule has 7 heteroatoms. The molecule has 0 bridgehead atoms. The third-order valence-corrected chi connectivity index (χ3v) is 13.4. The van der Waals surface area contributed by atoms with Crippen LogP contribution in [0.15, 0.2) is 36.4 Å². The van der Waals surface area contributed by atoms with Crippen LogP contribution in [0, 0.1) is 18.7 Å². The zero-order valence-corrected chi connectivity index (χ0v) is 24.3. The number of fused-ring (bicyclic) bond motifs is 1. The summed E-state index contributed by atoms with van der Waals surface area (Å²) in [6.07, 6.45) is 3.73. The molecule has 0 spiro atoms. The van der Waals surface area contributed by atoms with E-state index in [1.54, 1.807) is 18.2 Å². The van der Waals surface area contributed by atoms with Crippen LogP contribution >= 0.6 is 11.6 Å². The van der Waals surface area contributed by atoms with Gasteiger partial charge in [-0.15, -0.1) is 0 Å². The van der Waals surface area contributed by atoms with Gasteiger partial charge in [-0.3, -0.25) is 4.79 Å². The number of aryl methyl sites for hydroxylation is 1. The van der Waals surface area contributed by atoms with Gasteiger partial charge in [0.25, 0.3) is 5.91 Å². The molecule has 36 heavy (non-hydrogen) atoms. The average molecular weight is 529 g/mol. The second kappa shape index (κ2) is 9.69. The first-order valence-electron chi connectivity index (χ1n) is 12.9. The fourth-order valence-electron chi connectivity index (χ4n) is 4.97. The predicted octanol–water partition coefficient (Wildman–Crippen LogP) is 8.30. The van der Waals surface area contributed by atoms with Crippen LogP contribution < -0.4 is 0 Å². The van der Waals surface area contributed by atoms with Crippen molar-refractivity contribution in [2.75, 3.05) is 6.61 Å². The van der Waals surface area contributed by atoms with Gasteiger partial charge in [-0.2, -0.15) is 9.78 Å². The van der Waals surface area contributed by atoms with E-state index in [0.29, 0.717) is 33.1 Å². The van der Waals surface area contributed by atoms with E-state index in [4.69, 9.17) is 21.1 Å². The summed E-state index contributed by atoms with van der Waals surface area (Å²) in [5, 5.41) is 5.79. The first kappa shape index (κ1) is 27.0. The molecule has 4 nitrogen and oxygen atoms in total. The van der Waals surface area contributed by atoms with Crippen molar-refractivity contribution in [1.29, 1.82) is 0 Å². The molecular formula is C29H38ClFN2O2Si. The lowest BCUT2D eigenvalue weighted by Gasteiger charge is -2.40. The van der Waals surface area contributed by atoms with Gasteiger partial charge in [-0.1, -0.05) is 57.5 Å². The standard InChI is InChI=1S/C29H38ClFN2O2Si/c1-19-10-8-11-21(30)24(19)27(34)33-23-13-9-12-22(31)25(23)26(32-33)29(5)16-14-20(15-17-29)18-35-36(6,7)28(2,3)4/h8-13,20H,14-18H2,1-7H3. The average Bonchev–Trinajstić information content (AvgIpc) is 3.20. The molecule has 1 aliphatic carbocycles. The maximum Gasteiger partial charge on any atom is 0.280 e. The summed E-state index contributed by atoms with van der Waals surface area (Å²) in [4.78, 5) is 13.6. The number of hydrogen-bond donors (Lipinski definition) is 0. The van der Waals surface area contributed by atoms with Crippen molar-refractivity contribution in [2.45, 2.75) is 83.8 Å². The molecule has 1 saturated carbocycles. The summed E-state index contributed by atoms with van der Waals surface area (Å²) < 4.78 is 23.1. The van der Waals surface area contributed by atoms with Gasteiger partial charge in [0.15, 0.2) is 8.32 Å². The van der Waals surface area contributed by atoms with Crippen LogP contribution in [0.3, 0.4) is 0 Å². The maximum atomic E-state index is 15.2. The van der Waals surface area contributed by atoms with Gasteiger partial charge in [0.05, 0.1) is 27.2 Å². The third kappa shape index (κ3) is 4.92. The molecule has 1 aromatic heterocycles. The summed E-state index contributed by atoms with van der Waals surface area (Å²) in [5.41, 5.74) is 1.99. The van der Waals surface area contributed by atoms with Gasteiger partial charge in [0, 0.05) is 12.0 Å². The Kier molecular flexibility index (Phi) is 7.28. The topological polar surface area (TPSA) is 44.1 Å². The lowest BCUT2D eigenvalue weighted by Crippen LogP contribution is -2.42. The monoisotopic (exact) mass is 528 g/mol. The summed E-state index contributed by atoms with van der Waals surface area (Å²) in [7, 11) is -1.80. The van der Waals surface area contributed by atoms with Crippen molar-refractivity contribution in [2.24, 2.45) is 5.92 Å². The van der Waals surface area contributed by atoms with Crippen LogP contribution in [-0.2, 0) is 9.84 Å². The van der Waals surface area contributed by atoms with Crippen molar-refractivity contribution < 1.29 is 13.6 Å². The van der Waals surface area contributed by atoms with E-state index in [2.05, 4.69) is 40.8 Å². The molecule has 194 valence electrons. The van der Waals surface area contributed by atoms with Crippen molar-refractivity contribution in [3.63, 3.8) is 0 Å². The van der Waals surface area contributed by atoms with Crippen LogP contribution in [0.25, 0.3) is 10.9 Å². The highest BCUT2D eigenvalue weighted by molar-refractivity contribution is 6.74. The second-order valence-corrected chi connectivity index (χ2v) is 17.4. The molecule has 1 fully saturated rings. The predicted molar refractivity (Wildman–Crippen MR) is 148 cm³/mol. The van der Waals surface area contributed by atoms with Gasteiger partial charge >= 0.3 is 0 Å². The number of aromatic nitrogens is 2. The molecule has 0 atom stereocenters. The van der Waals surface area contributed by atoms with E-state index in [1.165, 1.54) is 10.7 Å². The van der Waals surface area contributed by atoms with E-state index < -0.39 is 8.32 Å². The molecule has 2 aromatic carbocycles. The van der Waals surface area contributed by atoms with Crippen LogP contribution in [0.1, 0.15) is 75.0 Å². The van der Waals surface area contributed by atoms with E-state index in [1.807, 2.05) is 19.1 Å². The molecule has 4 rings (SSSR count). The van der Waals surface area contributed by atoms with Crippen LogP contribution in [0.4, 0.5) is 4.39 Å². The van der Waals surface area contributed by atoms with Crippen molar-refractivity contribution in [1.82, 2.24) is 9.78 Å². The Morgan fingerprint density at radius 3 is 2.44 bits per heavy atom. The van der Waals surface area contributed by atoms with E-state index in [-0.39, 0.29) is 22.2 Å². The number of hydrogen-bond acceptors (Lipinski definition) is 3. The molecule has 0 amide bonds. The van der Waals surface area contributed by atoms with Crippen LogP contribution in [0.2, 0.25) is 23.2 Å². The Hall–Kier alpha value is -2.02. The molecule has 1 heterocycles. The van der Waals surface area contributed by atoms with Gasteiger partial charge in [0.1, 0.15) is 5.82 Å². The highest BCUT2D eigenvalue weighted by atomic mass is 35.5. The zero-order valence-electron chi connectivity index (χ0n) is 22.5. The number of rotatable bonds is 5. The number of carbonyl (C=O) groups excluding carboxylic acids is 1. The molecule has 0 aliphatic heterocycles. The number of nitrogens with zero attached hydrogens (tertiary/aromatic N) is 2. The lowest BCUT2D eigenvalue weighted by atomic mass is 9.69. The fourth-order valence-corrected chi connectivity index (χ4v) is 6.36. The largest absolute Gasteiger partial charge is 0.417 e. The van der Waals surface area contributed by atoms with Crippen LogP contribution in [-0.4, -0.2) is 30.6 Å². The smallest absolute Gasteiger partial charge is 0.280 e. The normalized spacial score (nSPS) is 21.2. The highest BCUT2D eigenvalue weighted by Gasteiger charge is 2.41. The Morgan fingerprint density at radius 1 is 1.19 bits per heavy atom. The number of halogens is 2. The summed E-state index contributed by atoms with van der Waals surface area (Å²) >= 11 is 6.40.